The number of rotatable bonds is 5. The molecule has 2 atom stereocenters. The van der Waals surface area contributed by atoms with Crippen molar-refractivity contribution >= 4 is 23.3 Å². The molecule has 7 nitrogen and oxygen atoms in total. The molecule has 0 unspecified atom stereocenters. The molecule has 2 aliphatic heterocycles. The van der Waals surface area contributed by atoms with Crippen molar-refractivity contribution in [2.75, 3.05) is 50.7 Å². The van der Waals surface area contributed by atoms with E-state index in [9.17, 15) is 15.0 Å². The average Bonchev–Trinajstić information content (AvgIpc) is 2.78. The second kappa shape index (κ2) is 9.53. The highest BCUT2D eigenvalue weighted by molar-refractivity contribution is 6.30. The van der Waals surface area contributed by atoms with E-state index in [2.05, 4.69) is 14.8 Å². The highest BCUT2D eigenvalue weighted by Gasteiger charge is 2.43. The van der Waals surface area contributed by atoms with Crippen LogP contribution in [-0.4, -0.2) is 88.4 Å². The molecule has 0 bridgehead atoms. The molecule has 1 aromatic carbocycles. The van der Waals surface area contributed by atoms with Crippen molar-refractivity contribution in [3.05, 3.63) is 59.2 Å². The normalized spacial score (nSPS) is 24.9. The van der Waals surface area contributed by atoms with Gasteiger partial charge in [0.05, 0.1) is 6.42 Å². The Hall–Kier alpha value is -2.19. The summed E-state index contributed by atoms with van der Waals surface area (Å²) in [5.41, 5.74) is -0.319. The van der Waals surface area contributed by atoms with Gasteiger partial charge in [-0.05, 0) is 36.2 Å². The van der Waals surface area contributed by atoms with E-state index >= 15 is 0 Å². The lowest BCUT2D eigenvalue weighted by Crippen LogP contribution is -2.62. The fraction of sp³-hybridized carbons (Fsp3) is 0.478. The first-order chi connectivity index (χ1) is 14.9. The van der Waals surface area contributed by atoms with Crippen molar-refractivity contribution in [1.29, 1.82) is 0 Å². The van der Waals surface area contributed by atoms with E-state index in [1.807, 2.05) is 30.3 Å². The Balaban J connectivity index is 1.28. The van der Waals surface area contributed by atoms with E-state index in [0.717, 1.165) is 37.6 Å². The van der Waals surface area contributed by atoms with Crippen LogP contribution < -0.4 is 4.90 Å². The number of aromatic nitrogens is 1. The van der Waals surface area contributed by atoms with Gasteiger partial charge in [-0.3, -0.25) is 9.69 Å². The summed E-state index contributed by atoms with van der Waals surface area (Å²) in [6.45, 7) is 4.24. The summed E-state index contributed by atoms with van der Waals surface area (Å²) in [6, 6.07) is 13.1. The van der Waals surface area contributed by atoms with E-state index < -0.39 is 11.7 Å². The van der Waals surface area contributed by atoms with Gasteiger partial charge in [0.2, 0.25) is 5.91 Å². The number of amides is 1. The fourth-order valence-corrected chi connectivity index (χ4v) is 4.45. The second-order valence-corrected chi connectivity index (χ2v) is 8.90. The Bertz CT molecular complexity index is 874. The van der Waals surface area contributed by atoms with Gasteiger partial charge in [-0.1, -0.05) is 29.8 Å². The van der Waals surface area contributed by atoms with E-state index in [1.54, 1.807) is 23.2 Å². The summed E-state index contributed by atoms with van der Waals surface area (Å²) in [4.78, 5) is 23.1. The van der Waals surface area contributed by atoms with Gasteiger partial charge in [-0.2, -0.15) is 0 Å². The molecule has 4 rings (SSSR count). The molecule has 2 N–H and O–H groups in total. The molecule has 0 radical (unpaired) electrons. The number of hydrogen-bond donors (Lipinski definition) is 2. The zero-order chi connectivity index (χ0) is 21.8. The van der Waals surface area contributed by atoms with Crippen LogP contribution in [0.15, 0.2) is 48.7 Å². The van der Waals surface area contributed by atoms with Gasteiger partial charge in [-0.15, -0.1) is 0 Å². The number of aliphatic hydroxyl groups excluding tert-OH is 1. The number of pyridine rings is 1. The Labute approximate surface area is 187 Å². The molecule has 2 saturated heterocycles. The lowest BCUT2D eigenvalue weighted by molar-refractivity contribution is -0.153. The first kappa shape index (κ1) is 22.0. The molecule has 0 spiro atoms. The van der Waals surface area contributed by atoms with Crippen LogP contribution in [0, 0.1) is 0 Å². The van der Waals surface area contributed by atoms with Gasteiger partial charge in [0, 0.05) is 57.0 Å². The van der Waals surface area contributed by atoms with E-state index in [4.69, 9.17) is 11.6 Å². The minimum Gasteiger partial charge on any atom is -0.388 e. The summed E-state index contributed by atoms with van der Waals surface area (Å²) < 4.78 is 0. The zero-order valence-corrected chi connectivity index (χ0v) is 18.3. The van der Waals surface area contributed by atoms with Crippen molar-refractivity contribution in [2.24, 2.45) is 0 Å². The number of aliphatic hydroxyl groups is 2. The van der Waals surface area contributed by atoms with Crippen LogP contribution >= 0.6 is 11.6 Å². The number of hydrogen-bond acceptors (Lipinski definition) is 6. The SMILES string of the molecule is O=C(Cc1ccc(Cl)cc1)N1CC[C@](O)(CN2CCN(c3ccccn3)CC2)[C@@H](O)C1. The number of anilines is 1. The van der Waals surface area contributed by atoms with Crippen molar-refractivity contribution in [1.82, 2.24) is 14.8 Å². The van der Waals surface area contributed by atoms with Crippen LogP contribution in [-0.2, 0) is 11.2 Å². The van der Waals surface area contributed by atoms with Gasteiger partial charge < -0.3 is 20.0 Å². The third kappa shape index (κ3) is 5.36. The maximum atomic E-state index is 12.6. The molecular weight excluding hydrogens is 416 g/mol. The molecule has 2 fully saturated rings. The molecule has 166 valence electrons. The zero-order valence-electron chi connectivity index (χ0n) is 17.5. The highest BCUT2D eigenvalue weighted by Crippen LogP contribution is 2.26. The Morgan fingerprint density at radius 2 is 1.84 bits per heavy atom. The molecule has 2 aromatic rings. The summed E-state index contributed by atoms with van der Waals surface area (Å²) >= 11 is 5.90. The molecular formula is C23H29ClN4O3. The van der Waals surface area contributed by atoms with Crippen molar-refractivity contribution < 1.29 is 15.0 Å². The number of piperazine rings is 1. The largest absolute Gasteiger partial charge is 0.388 e. The van der Waals surface area contributed by atoms with Crippen LogP contribution in [0.1, 0.15) is 12.0 Å². The summed E-state index contributed by atoms with van der Waals surface area (Å²) in [6.07, 6.45) is 1.45. The van der Waals surface area contributed by atoms with Gasteiger partial charge in [-0.25, -0.2) is 4.98 Å². The molecule has 0 aliphatic carbocycles. The molecule has 0 saturated carbocycles. The van der Waals surface area contributed by atoms with Gasteiger partial charge >= 0.3 is 0 Å². The van der Waals surface area contributed by atoms with Crippen LogP contribution in [0.3, 0.4) is 0 Å². The van der Waals surface area contributed by atoms with Gasteiger partial charge in [0.1, 0.15) is 17.5 Å². The van der Waals surface area contributed by atoms with Gasteiger partial charge in [0.25, 0.3) is 0 Å². The Morgan fingerprint density at radius 1 is 1.10 bits per heavy atom. The first-order valence-corrected chi connectivity index (χ1v) is 11.1. The van der Waals surface area contributed by atoms with Crippen molar-refractivity contribution in [2.45, 2.75) is 24.5 Å². The molecule has 1 aromatic heterocycles. The highest BCUT2D eigenvalue weighted by atomic mass is 35.5. The maximum Gasteiger partial charge on any atom is 0.227 e. The third-order valence-corrected chi connectivity index (χ3v) is 6.54. The number of carbonyl (C=O) groups is 1. The number of halogens is 1. The monoisotopic (exact) mass is 444 g/mol. The van der Waals surface area contributed by atoms with E-state index in [0.29, 0.717) is 24.5 Å². The number of β-amino-alcohol motifs (C(OH)–C–C–N with tert-alkyl or cyclic N) is 2. The summed E-state index contributed by atoms with van der Waals surface area (Å²) in [5.74, 6) is 0.917. The number of piperidine rings is 1. The number of benzene rings is 1. The lowest BCUT2D eigenvalue weighted by atomic mass is 9.87. The predicted molar refractivity (Wildman–Crippen MR) is 120 cm³/mol. The topological polar surface area (TPSA) is 80.1 Å². The number of nitrogens with zero attached hydrogens (tertiary/aromatic N) is 4. The molecule has 31 heavy (non-hydrogen) atoms. The van der Waals surface area contributed by atoms with Crippen molar-refractivity contribution in [3.63, 3.8) is 0 Å². The lowest BCUT2D eigenvalue weighted by Gasteiger charge is -2.46. The van der Waals surface area contributed by atoms with Crippen LogP contribution in [0.4, 0.5) is 5.82 Å². The third-order valence-electron chi connectivity index (χ3n) is 6.29. The Kier molecular flexibility index (Phi) is 6.77. The van der Waals surface area contributed by atoms with Crippen LogP contribution in [0.25, 0.3) is 0 Å². The van der Waals surface area contributed by atoms with Crippen LogP contribution in [0.5, 0.6) is 0 Å². The number of likely N-dealkylation sites (tertiary alicyclic amines) is 1. The molecule has 1 amide bonds. The molecule has 3 heterocycles. The van der Waals surface area contributed by atoms with E-state index in [1.165, 1.54) is 0 Å². The second-order valence-electron chi connectivity index (χ2n) is 8.46. The minimum absolute atomic E-state index is 0.0487. The average molecular weight is 445 g/mol. The Morgan fingerprint density at radius 3 is 2.48 bits per heavy atom. The quantitative estimate of drug-likeness (QED) is 0.726. The summed E-state index contributed by atoms with van der Waals surface area (Å²) in [7, 11) is 0. The smallest absolute Gasteiger partial charge is 0.227 e. The number of carbonyl (C=O) groups excluding carboxylic acids is 1. The minimum atomic E-state index is -1.20. The fourth-order valence-electron chi connectivity index (χ4n) is 4.33. The predicted octanol–water partition coefficient (Wildman–Crippen LogP) is 1.42. The van der Waals surface area contributed by atoms with Crippen molar-refractivity contribution in [3.8, 4) is 0 Å². The van der Waals surface area contributed by atoms with Gasteiger partial charge in [0.15, 0.2) is 0 Å². The maximum absolute atomic E-state index is 12.6. The standard InChI is InChI=1S/C23H29ClN4O3/c24-19-6-4-18(5-7-19)15-22(30)28-10-8-23(31,20(29)16-28)17-26-11-13-27(14-12-26)21-3-1-2-9-25-21/h1-7,9,20,29,31H,8,10-17H2/t20-,23-/m0/s1. The summed E-state index contributed by atoms with van der Waals surface area (Å²) in [5, 5.41) is 22.5. The van der Waals surface area contributed by atoms with E-state index in [-0.39, 0.29) is 18.9 Å². The molecule has 2 aliphatic rings. The molecule has 8 heteroatoms. The first-order valence-electron chi connectivity index (χ1n) is 10.7. The van der Waals surface area contributed by atoms with Crippen LogP contribution in [0.2, 0.25) is 5.02 Å².